The van der Waals surface area contributed by atoms with Gasteiger partial charge in [-0.25, -0.2) is 28.1 Å². The molecular formula is C27H29N7O4S. The van der Waals surface area contributed by atoms with Crippen LogP contribution in [0, 0.1) is 0 Å². The molecule has 5 rings (SSSR count). The van der Waals surface area contributed by atoms with E-state index in [1.807, 2.05) is 38.1 Å². The van der Waals surface area contributed by atoms with Gasteiger partial charge in [-0.1, -0.05) is 6.07 Å². The Morgan fingerprint density at radius 1 is 1.03 bits per heavy atom. The highest BCUT2D eigenvalue weighted by Gasteiger charge is 2.24. The zero-order valence-corrected chi connectivity index (χ0v) is 22.6. The van der Waals surface area contributed by atoms with E-state index in [1.165, 1.54) is 25.2 Å². The van der Waals surface area contributed by atoms with Crippen LogP contribution in [0.1, 0.15) is 29.9 Å². The number of hydrogen-bond donors (Lipinski definition) is 2. The minimum atomic E-state index is -3.65. The first-order valence-corrected chi connectivity index (χ1v) is 14.0. The smallest absolute Gasteiger partial charge is 0.251 e. The molecule has 1 aromatic carbocycles. The van der Waals surface area contributed by atoms with Gasteiger partial charge in [0.15, 0.2) is 0 Å². The molecule has 1 aliphatic rings. The largest absolute Gasteiger partial charge is 0.372 e. The maximum atomic E-state index is 12.7. The van der Waals surface area contributed by atoms with E-state index in [9.17, 15) is 13.2 Å². The van der Waals surface area contributed by atoms with Crippen LogP contribution in [0.15, 0.2) is 65.8 Å². The monoisotopic (exact) mass is 547 g/mol. The number of rotatable bonds is 7. The fourth-order valence-electron chi connectivity index (χ4n) is 4.48. The molecule has 0 radical (unpaired) electrons. The molecule has 2 atom stereocenters. The van der Waals surface area contributed by atoms with Crippen LogP contribution in [-0.2, 0) is 21.3 Å². The lowest BCUT2D eigenvalue weighted by Gasteiger charge is -2.35. The van der Waals surface area contributed by atoms with Gasteiger partial charge in [0.2, 0.25) is 16.0 Å². The number of pyridine rings is 2. The van der Waals surface area contributed by atoms with Crippen LogP contribution in [0.2, 0.25) is 0 Å². The molecule has 11 nitrogen and oxygen atoms in total. The van der Waals surface area contributed by atoms with Gasteiger partial charge in [0.05, 0.1) is 46.2 Å². The van der Waals surface area contributed by atoms with Gasteiger partial charge < -0.3 is 15.0 Å². The first-order valence-electron chi connectivity index (χ1n) is 12.5. The zero-order valence-electron chi connectivity index (χ0n) is 21.8. The van der Waals surface area contributed by atoms with Crippen molar-refractivity contribution in [1.29, 1.82) is 0 Å². The number of morpholine rings is 1. The lowest BCUT2D eigenvalue weighted by Crippen LogP contribution is -2.46. The molecule has 0 bridgehead atoms. The summed E-state index contributed by atoms with van der Waals surface area (Å²) in [7, 11) is -2.33. The van der Waals surface area contributed by atoms with Crippen molar-refractivity contribution in [3.05, 3.63) is 72.2 Å². The van der Waals surface area contributed by atoms with Crippen molar-refractivity contribution in [3.63, 3.8) is 0 Å². The first kappa shape index (κ1) is 26.6. The molecule has 4 heterocycles. The maximum absolute atomic E-state index is 12.7. The van der Waals surface area contributed by atoms with E-state index in [0.29, 0.717) is 28.5 Å². The molecule has 0 spiro atoms. The quantitative estimate of drug-likeness (QED) is 0.357. The third-order valence-electron chi connectivity index (χ3n) is 6.34. The highest BCUT2D eigenvalue weighted by atomic mass is 32.2. The van der Waals surface area contributed by atoms with Gasteiger partial charge in [-0.15, -0.1) is 0 Å². The summed E-state index contributed by atoms with van der Waals surface area (Å²) >= 11 is 0. The van der Waals surface area contributed by atoms with Crippen molar-refractivity contribution in [1.82, 2.24) is 30.0 Å². The maximum Gasteiger partial charge on any atom is 0.251 e. The Morgan fingerprint density at radius 2 is 1.79 bits per heavy atom. The normalized spacial score (nSPS) is 17.8. The van der Waals surface area contributed by atoms with Crippen molar-refractivity contribution in [2.75, 3.05) is 25.0 Å². The van der Waals surface area contributed by atoms with E-state index < -0.39 is 15.9 Å². The fraction of sp³-hybridized carbons (Fsp3) is 0.296. The Labute approximate surface area is 226 Å². The minimum absolute atomic E-state index is 0.0173. The number of sulfonamides is 1. The van der Waals surface area contributed by atoms with E-state index in [1.54, 1.807) is 18.5 Å². The molecule has 0 saturated carbocycles. The second kappa shape index (κ2) is 11.0. The predicted octanol–water partition coefficient (Wildman–Crippen LogP) is 2.54. The van der Waals surface area contributed by atoms with Crippen molar-refractivity contribution in [2.24, 2.45) is 0 Å². The Bertz CT molecular complexity index is 1620. The van der Waals surface area contributed by atoms with E-state index in [2.05, 4.69) is 24.9 Å². The number of nitrogens with zero attached hydrogens (tertiary/aromatic N) is 5. The fourth-order valence-corrected chi connectivity index (χ4v) is 5.25. The van der Waals surface area contributed by atoms with Gasteiger partial charge >= 0.3 is 0 Å². The number of carbonyl (C=O) groups excluding carboxylic acids is 1. The van der Waals surface area contributed by atoms with Crippen LogP contribution in [-0.4, -0.2) is 66.6 Å². The lowest BCUT2D eigenvalue weighted by atomic mass is 10.2. The molecule has 1 aliphatic heterocycles. The van der Waals surface area contributed by atoms with Crippen LogP contribution in [0.5, 0.6) is 0 Å². The second-order valence-corrected chi connectivity index (χ2v) is 11.3. The summed E-state index contributed by atoms with van der Waals surface area (Å²) in [5.74, 6) is 0.230. The Morgan fingerprint density at radius 3 is 2.56 bits per heavy atom. The highest BCUT2D eigenvalue weighted by molar-refractivity contribution is 7.89. The van der Waals surface area contributed by atoms with Crippen molar-refractivity contribution >= 4 is 32.8 Å². The number of anilines is 1. The van der Waals surface area contributed by atoms with Gasteiger partial charge in [-0.2, -0.15) is 0 Å². The van der Waals surface area contributed by atoms with Gasteiger partial charge in [0, 0.05) is 36.4 Å². The number of fused-ring (bicyclic) bond motifs is 1. The first-order chi connectivity index (χ1) is 18.7. The zero-order chi connectivity index (χ0) is 27.6. The predicted molar refractivity (Wildman–Crippen MR) is 147 cm³/mol. The average molecular weight is 548 g/mol. The highest BCUT2D eigenvalue weighted by Crippen LogP contribution is 2.23. The van der Waals surface area contributed by atoms with E-state index in [0.717, 1.165) is 18.5 Å². The topological polar surface area (TPSA) is 139 Å². The third kappa shape index (κ3) is 6.03. The Balaban J connectivity index is 1.33. The van der Waals surface area contributed by atoms with Crippen LogP contribution < -0.4 is 14.9 Å². The van der Waals surface area contributed by atoms with E-state index in [-0.39, 0.29) is 29.2 Å². The Hall–Kier alpha value is -4.00. The van der Waals surface area contributed by atoms with Gasteiger partial charge in [-0.3, -0.25) is 9.78 Å². The van der Waals surface area contributed by atoms with E-state index >= 15 is 0 Å². The standard InChI is InChI=1S/C27H29N7O4S/c1-17-15-34(16-18(2)38-17)27-29-10-9-24(33-27)23-8-7-20-13-30-21(12-25(20)32-23)14-31-26(35)19-5-4-6-22(11-19)39(36,37)28-3/h4-13,17-18,28H,14-16H2,1-3H3,(H,31,35)/t17-,18+. The molecular weight excluding hydrogens is 518 g/mol. The number of carbonyl (C=O) groups is 1. The summed E-state index contributed by atoms with van der Waals surface area (Å²) in [4.78, 5) is 33.3. The van der Waals surface area contributed by atoms with Gasteiger partial charge in [-0.05, 0) is 63.4 Å². The number of hydrogen-bond acceptors (Lipinski definition) is 9. The van der Waals surface area contributed by atoms with Crippen molar-refractivity contribution in [2.45, 2.75) is 37.5 Å². The molecule has 39 heavy (non-hydrogen) atoms. The van der Waals surface area contributed by atoms with Crippen LogP contribution in [0.4, 0.5) is 5.95 Å². The molecule has 1 amide bonds. The third-order valence-corrected chi connectivity index (χ3v) is 7.76. The molecule has 2 N–H and O–H groups in total. The second-order valence-electron chi connectivity index (χ2n) is 9.39. The number of benzene rings is 1. The SMILES string of the molecule is CNS(=O)(=O)c1cccc(C(=O)NCc2cc3nc(-c4ccnc(N5C[C@@H](C)O[C@@H](C)C5)n4)ccc3cn2)c1. The molecule has 202 valence electrons. The summed E-state index contributed by atoms with van der Waals surface area (Å²) in [6.45, 7) is 5.66. The van der Waals surface area contributed by atoms with E-state index in [4.69, 9.17) is 14.7 Å². The van der Waals surface area contributed by atoms with Gasteiger partial charge in [0.1, 0.15) is 0 Å². The molecule has 0 unspecified atom stereocenters. The van der Waals surface area contributed by atoms with Crippen LogP contribution >= 0.6 is 0 Å². The summed E-state index contributed by atoms with van der Waals surface area (Å²) < 4.78 is 32.2. The molecule has 3 aromatic heterocycles. The summed E-state index contributed by atoms with van der Waals surface area (Å²) in [6.07, 6.45) is 3.63. The number of nitrogens with one attached hydrogen (secondary N) is 2. The summed E-state index contributed by atoms with van der Waals surface area (Å²) in [5, 5.41) is 3.64. The van der Waals surface area contributed by atoms with Crippen LogP contribution in [0.25, 0.3) is 22.3 Å². The molecule has 12 heteroatoms. The van der Waals surface area contributed by atoms with Crippen molar-refractivity contribution < 1.29 is 17.9 Å². The minimum Gasteiger partial charge on any atom is -0.372 e. The lowest BCUT2D eigenvalue weighted by molar-refractivity contribution is -0.00571. The van der Waals surface area contributed by atoms with Gasteiger partial charge in [0.25, 0.3) is 5.91 Å². The average Bonchev–Trinajstić information content (AvgIpc) is 2.95. The Kier molecular flexibility index (Phi) is 7.51. The molecule has 1 saturated heterocycles. The molecule has 4 aromatic rings. The summed E-state index contributed by atoms with van der Waals surface area (Å²) in [6, 6.07) is 13.3. The van der Waals surface area contributed by atoms with Crippen LogP contribution in [0.3, 0.4) is 0 Å². The molecule has 1 fully saturated rings. The number of amides is 1. The number of ether oxygens (including phenoxy) is 1. The van der Waals surface area contributed by atoms with Crippen molar-refractivity contribution in [3.8, 4) is 11.4 Å². The number of aromatic nitrogens is 4. The summed E-state index contributed by atoms with van der Waals surface area (Å²) in [5.41, 5.74) is 2.96. The molecule has 0 aliphatic carbocycles.